The summed E-state index contributed by atoms with van der Waals surface area (Å²) in [6, 6.07) is 0. The normalized spacial score (nSPS) is 10.5. The third-order valence-electron chi connectivity index (χ3n) is 1.89. The molecule has 0 spiro atoms. The Morgan fingerprint density at radius 1 is 1.41 bits per heavy atom. The van der Waals surface area contributed by atoms with E-state index in [0.29, 0.717) is 0 Å². The van der Waals surface area contributed by atoms with Crippen LogP contribution in [0.3, 0.4) is 0 Å². The molecular formula is C10H11BrN4S2. The molecule has 2 rings (SSSR count). The average molecular weight is 331 g/mol. The Hall–Kier alpha value is -0.660. The SMILES string of the molecule is CCCNc1ncnc(Sc2nccs2)c1Br. The molecular weight excluding hydrogens is 320 g/mol. The van der Waals surface area contributed by atoms with Crippen LogP contribution in [0.4, 0.5) is 5.82 Å². The van der Waals surface area contributed by atoms with Crippen molar-refractivity contribution in [2.24, 2.45) is 0 Å². The second-order valence-corrected chi connectivity index (χ2v) is 6.09. The highest BCUT2D eigenvalue weighted by Crippen LogP contribution is 2.35. The first-order chi connectivity index (χ1) is 8.31. The van der Waals surface area contributed by atoms with E-state index in [-0.39, 0.29) is 0 Å². The van der Waals surface area contributed by atoms with E-state index in [1.165, 1.54) is 11.8 Å². The Morgan fingerprint density at radius 3 is 3.00 bits per heavy atom. The fourth-order valence-corrected chi connectivity index (χ4v) is 3.24. The number of hydrogen-bond donors (Lipinski definition) is 1. The standard InChI is InChI=1S/C10H11BrN4S2/c1-2-3-12-8-7(11)9(15-6-14-8)17-10-13-4-5-16-10/h4-6H,2-3H2,1H3,(H,12,14,15). The molecule has 0 unspecified atom stereocenters. The molecule has 17 heavy (non-hydrogen) atoms. The molecule has 0 aliphatic heterocycles. The minimum atomic E-state index is 0.834. The predicted octanol–water partition coefficient (Wildman–Crippen LogP) is 3.67. The lowest BCUT2D eigenvalue weighted by atomic mass is 10.4. The highest BCUT2D eigenvalue weighted by atomic mass is 79.9. The first-order valence-corrected chi connectivity index (χ1v) is 7.62. The Morgan fingerprint density at radius 2 is 2.29 bits per heavy atom. The summed E-state index contributed by atoms with van der Waals surface area (Å²) in [5.41, 5.74) is 0. The lowest BCUT2D eigenvalue weighted by Crippen LogP contribution is -2.03. The van der Waals surface area contributed by atoms with Crippen molar-refractivity contribution in [1.29, 1.82) is 0 Å². The van der Waals surface area contributed by atoms with Crippen molar-refractivity contribution in [1.82, 2.24) is 15.0 Å². The first-order valence-electron chi connectivity index (χ1n) is 5.13. The van der Waals surface area contributed by atoms with Gasteiger partial charge in [0.1, 0.15) is 17.2 Å². The quantitative estimate of drug-likeness (QED) is 0.847. The van der Waals surface area contributed by atoms with E-state index in [4.69, 9.17) is 0 Å². The van der Waals surface area contributed by atoms with Crippen LogP contribution >= 0.6 is 39.0 Å². The maximum absolute atomic E-state index is 4.25. The number of nitrogens with zero attached hydrogens (tertiary/aromatic N) is 3. The molecule has 0 saturated carbocycles. The van der Waals surface area contributed by atoms with E-state index in [2.05, 4.69) is 43.1 Å². The zero-order valence-corrected chi connectivity index (χ0v) is 12.4. The summed E-state index contributed by atoms with van der Waals surface area (Å²) in [7, 11) is 0. The molecule has 0 radical (unpaired) electrons. The van der Waals surface area contributed by atoms with Crippen LogP contribution in [-0.4, -0.2) is 21.5 Å². The van der Waals surface area contributed by atoms with Gasteiger partial charge >= 0.3 is 0 Å². The number of halogens is 1. The number of anilines is 1. The molecule has 7 heteroatoms. The molecule has 0 aliphatic rings. The van der Waals surface area contributed by atoms with Gasteiger partial charge in [0.15, 0.2) is 4.34 Å². The fraction of sp³-hybridized carbons (Fsp3) is 0.300. The van der Waals surface area contributed by atoms with Crippen LogP contribution in [0.5, 0.6) is 0 Å². The summed E-state index contributed by atoms with van der Waals surface area (Å²) in [4.78, 5) is 12.7. The monoisotopic (exact) mass is 330 g/mol. The molecule has 0 amide bonds. The molecule has 2 aromatic rings. The van der Waals surface area contributed by atoms with Gasteiger partial charge in [0.05, 0.1) is 4.47 Å². The lowest BCUT2D eigenvalue weighted by Gasteiger charge is -2.07. The molecule has 2 aromatic heterocycles. The van der Waals surface area contributed by atoms with Gasteiger partial charge in [0, 0.05) is 18.1 Å². The van der Waals surface area contributed by atoms with E-state index in [9.17, 15) is 0 Å². The number of hydrogen-bond acceptors (Lipinski definition) is 6. The zero-order chi connectivity index (χ0) is 12.1. The summed E-state index contributed by atoms with van der Waals surface area (Å²) in [5, 5.41) is 6.09. The van der Waals surface area contributed by atoms with Gasteiger partial charge in [-0.25, -0.2) is 15.0 Å². The highest BCUT2D eigenvalue weighted by molar-refractivity contribution is 9.10. The van der Waals surface area contributed by atoms with Gasteiger partial charge in [0.25, 0.3) is 0 Å². The van der Waals surface area contributed by atoms with E-state index in [1.807, 2.05) is 5.38 Å². The van der Waals surface area contributed by atoms with Crippen molar-refractivity contribution in [2.45, 2.75) is 22.7 Å². The average Bonchev–Trinajstić information content (AvgIpc) is 2.83. The van der Waals surface area contributed by atoms with Gasteiger partial charge < -0.3 is 5.32 Å². The zero-order valence-electron chi connectivity index (χ0n) is 9.18. The van der Waals surface area contributed by atoms with Gasteiger partial charge in [-0.3, -0.25) is 0 Å². The van der Waals surface area contributed by atoms with Gasteiger partial charge in [0.2, 0.25) is 0 Å². The molecule has 0 bridgehead atoms. The molecule has 0 atom stereocenters. The summed E-state index contributed by atoms with van der Waals surface area (Å²) in [6.07, 6.45) is 4.42. The van der Waals surface area contributed by atoms with Gasteiger partial charge in [-0.05, 0) is 34.1 Å². The maximum atomic E-state index is 4.25. The van der Waals surface area contributed by atoms with E-state index < -0.39 is 0 Å². The van der Waals surface area contributed by atoms with Crippen molar-refractivity contribution < 1.29 is 0 Å². The van der Waals surface area contributed by atoms with E-state index in [0.717, 1.165) is 32.6 Å². The van der Waals surface area contributed by atoms with E-state index >= 15 is 0 Å². The molecule has 0 aromatic carbocycles. The summed E-state index contributed by atoms with van der Waals surface area (Å²) < 4.78 is 1.87. The highest BCUT2D eigenvalue weighted by Gasteiger charge is 2.10. The predicted molar refractivity (Wildman–Crippen MR) is 74.7 cm³/mol. The second kappa shape index (κ2) is 6.32. The third kappa shape index (κ3) is 3.40. The van der Waals surface area contributed by atoms with Crippen LogP contribution in [0.2, 0.25) is 0 Å². The fourth-order valence-electron chi connectivity index (χ4n) is 1.13. The molecule has 0 fully saturated rings. The smallest absolute Gasteiger partial charge is 0.156 e. The molecule has 0 saturated heterocycles. The van der Waals surface area contributed by atoms with Crippen LogP contribution in [0.1, 0.15) is 13.3 Å². The third-order valence-corrected chi connectivity index (χ3v) is 4.79. The summed E-state index contributed by atoms with van der Waals surface area (Å²) in [6.45, 7) is 3.02. The van der Waals surface area contributed by atoms with Crippen LogP contribution in [0.15, 0.2) is 31.7 Å². The van der Waals surface area contributed by atoms with E-state index in [1.54, 1.807) is 23.9 Å². The van der Waals surface area contributed by atoms with Crippen LogP contribution < -0.4 is 5.32 Å². The molecule has 4 nitrogen and oxygen atoms in total. The maximum Gasteiger partial charge on any atom is 0.156 e. The molecule has 2 heterocycles. The van der Waals surface area contributed by atoms with Gasteiger partial charge in [-0.1, -0.05) is 6.92 Å². The van der Waals surface area contributed by atoms with Crippen molar-refractivity contribution in [3.63, 3.8) is 0 Å². The Balaban J connectivity index is 2.17. The minimum absolute atomic E-state index is 0.834. The van der Waals surface area contributed by atoms with Crippen molar-refractivity contribution in [2.75, 3.05) is 11.9 Å². The summed E-state index contributed by atoms with van der Waals surface area (Å²) >= 11 is 6.66. The lowest BCUT2D eigenvalue weighted by molar-refractivity contribution is 0.945. The Kier molecular flexibility index (Phi) is 4.75. The molecule has 1 N–H and O–H groups in total. The van der Waals surface area contributed by atoms with Gasteiger partial charge in [-0.2, -0.15) is 0 Å². The van der Waals surface area contributed by atoms with Crippen molar-refractivity contribution >= 4 is 44.8 Å². The largest absolute Gasteiger partial charge is 0.369 e. The van der Waals surface area contributed by atoms with Crippen LogP contribution in [-0.2, 0) is 0 Å². The Bertz CT molecular complexity index is 475. The number of rotatable bonds is 5. The number of thiazole rings is 1. The second-order valence-electron chi connectivity index (χ2n) is 3.17. The molecule has 0 aliphatic carbocycles. The van der Waals surface area contributed by atoms with Crippen molar-refractivity contribution in [3.8, 4) is 0 Å². The minimum Gasteiger partial charge on any atom is -0.369 e. The Labute approximate surface area is 116 Å². The first kappa shape index (κ1) is 12.8. The van der Waals surface area contributed by atoms with Crippen LogP contribution in [0, 0.1) is 0 Å². The summed E-state index contributed by atoms with van der Waals surface area (Å²) in [5.74, 6) is 0.834. The van der Waals surface area contributed by atoms with Crippen LogP contribution in [0.25, 0.3) is 0 Å². The topological polar surface area (TPSA) is 50.7 Å². The van der Waals surface area contributed by atoms with Crippen molar-refractivity contribution in [3.05, 3.63) is 22.4 Å². The number of nitrogens with one attached hydrogen (secondary N) is 1. The molecule has 90 valence electrons. The number of aromatic nitrogens is 3. The van der Waals surface area contributed by atoms with Gasteiger partial charge in [-0.15, -0.1) is 11.3 Å².